The van der Waals surface area contributed by atoms with E-state index in [1.54, 1.807) is 10.9 Å². The first-order valence-electron chi connectivity index (χ1n) is 5.67. The Morgan fingerprint density at radius 3 is 2.94 bits per heavy atom. The Balaban J connectivity index is 1.83. The zero-order valence-electron chi connectivity index (χ0n) is 9.52. The third-order valence-electron chi connectivity index (χ3n) is 3.10. The van der Waals surface area contributed by atoms with Crippen molar-refractivity contribution in [2.45, 2.75) is 44.3 Å². The average molecular weight is 222 g/mol. The summed E-state index contributed by atoms with van der Waals surface area (Å²) in [5.74, 6) is -0.0293. The zero-order valence-corrected chi connectivity index (χ0v) is 9.52. The van der Waals surface area contributed by atoms with Crippen molar-refractivity contribution < 1.29 is 4.79 Å². The molecule has 0 saturated heterocycles. The van der Waals surface area contributed by atoms with Gasteiger partial charge in [-0.2, -0.15) is 5.10 Å². The molecule has 0 bridgehead atoms. The van der Waals surface area contributed by atoms with Crippen LogP contribution in [0.5, 0.6) is 0 Å². The number of amides is 1. The number of hydrogen-bond acceptors (Lipinski definition) is 3. The lowest BCUT2D eigenvalue weighted by Gasteiger charge is -2.37. The van der Waals surface area contributed by atoms with Gasteiger partial charge in [-0.3, -0.25) is 9.48 Å². The molecule has 1 amide bonds. The number of hydrogen-bond donors (Lipinski definition) is 2. The highest BCUT2D eigenvalue weighted by Gasteiger charge is 2.40. The fourth-order valence-corrected chi connectivity index (χ4v) is 1.89. The van der Waals surface area contributed by atoms with Crippen molar-refractivity contribution in [3.8, 4) is 0 Å². The standard InChI is InChI=1S/C11H18N4O/c1-9(8-15-7-3-6-13-15)14-10(16)11(12)4-2-5-11/h3,6-7,9H,2,4-5,8,12H2,1H3,(H,14,16). The van der Waals surface area contributed by atoms with Gasteiger partial charge >= 0.3 is 0 Å². The molecule has 88 valence electrons. The monoisotopic (exact) mass is 222 g/mol. The summed E-state index contributed by atoms with van der Waals surface area (Å²) in [5, 5.41) is 7.03. The SMILES string of the molecule is CC(Cn1cccn1)NC(=O)C1(N)CCC1. The highest BCUT2D eigenvalue weighted by molar-refractivity contribution is 5.87. The number of nitrogens with two attached hydrogens (primary N) is 1. The van der Waals surface area contributed by atoms with Crippen molar-refractivity contribution in [3.05, 3.63) is 18.5 Å². The van der Waals surface area contributed by atoms with Gasteiger partial charge in [0, 0.05) is 18.4 Å². The molecule has 1 aliphatic carbocycles. The van der Waals surface area contributed by atoms with Crippen molar-refractivity contribution >= 4 is 5.91 Å². The van der Waals surface area contributed by atoms with Crippen molar-refractivity contribution in [2.75, 3.05) is 0 Å². The van der Waals surface area contributed by atoms with Gasteiger partial charge in [-0.05, 0) is 32.3 Å². The third kappa shape index (κ3) is 2.24. The molecule has 1 fully saturated rings. The van der Waals surface area contributed by atoms with Crippen LogP contribution in [-0.4, -0.2) is 27.3 Å². The third-order valence-corrected chi connectivity index (χ3v) is 3.10. The number of nitrogens with one attached hydrogen (secondary N) is 1. The highest BCUT2D eigenvalue weighted by atomic mass is 16.2. The van der Waals surface area contributed by atoms with E-state index in [1.165, 1.54) is 0 Å². The van der Waals surface area contributed by atoms with Gasteiger partial charge in [0.15, 0.2) is 0 Å². The molecule has 1 unspecified atom stereocenters. The van der Waals surface area contributed by atoms with Gasteiger partial charge in [0.2, 0.25) is 5.91 Å². The molecule has 1 heterocycles. The predicted molar refractivity (Wildman–Crippen MR) is 60.6 cm³/mol. The maximum atomic E-state index is 11.8. The topological polar surface area (TPSA) is 72.9 Å². The summed E-state index contributed by atoms with van der Waals surface area (Å²) in [7, 11) is 0. The van der Waals surface area contributed by atoms with E-state index in [2.05, 4.69) is 10.4 Å². The van der Waals surface area contributed by atoms with E-state index in [4.69, 9.17) is 5.73 Å². The molecule has 2 rings (SSSR count). The summed E-state index contributed by atoms with van der Waals surface area (Å²) in [5.41, 5.74) is 5.32. The molecule has 0 spiro atoms. The number of aromatic nitrogens is 2. The van der Waals surface area contributed by atoms with Gasteiger partial charge in [0.25, 0.3) is 0 Å². The molecule has 1 saturated carbocycles. The van der Waals surface area contributed by atoms with Crippen molar-refractivity contribution in [1.29, 1.82) is 0 Å². The van der Waals surface area contributed by atoms with Crippen LogP contribution in [0.2, 0.25) is 0 Å². The van der Waals surface area contributed by atoms with Crippen LogP contribution in [0.3, 0.4) is 0 Å². The summed E-state index contributed by atoms with van der Waals surface area (Å²) in [6.45, 7) is 2.64. The van der Waals surface area contributed by atoms with E-state index in [1.807, 2.05) is 19.2 Å². The largest absolute Gasteiger partial charge is 0.350 e. The first-order chi connectivity index (χ1) is 7.60. The Morgan fingerprint density at radius 2 is 2.44 bits per heavy atom. The second kappa shape index (κ2) is 4.25. The van der Waals surface area contributed by atoms with Crippen LogP contribution in [0.25, 0.3) is 0 Å². The molecule has 5 nitrogen and oxygen atoms in total. The summed E-state index contributed by atoms with van der Waals surface area (Å²) >= 11 is 0. The summed E-state index contributed by atoms with van der Waals surface area (Å²) in [6.07, 6.45) is 6.26. The minimum absolute atomic E-state index is 0.0293. The van der Waals surface area contributed by atoms with E-state index in [-0.39, 0.29) is 11.9 Å². The Labute approximate surface area is 95.0 Å². The van der Waals surface area contributed by atoms with Gasteiger partial charge < -0.3 is 11.1 Å². The highest BCUT2D eigenvalue weighted by Crippen LogP contribution is 2.29. The zero-order chi connectivity index (χ0) is 11.6. The Morgan fingerprint density at radius 1 is 1.69 bits per heavy atom. The Hall–Kier alpha value is -1.36. The van der Waals surface area contributed by atoms with E-state index < -0.39 is 5.54 Å². The van der Waals surface area contributed by atoms with E-state index in [0.29, 0.717) is 6.54 Å². The van der Waals surface area contributed by atoms with Crippen LogP contribution in [0.4, 0.5) is 0 Å². The minimum atomic E-state index is -0.613. The quantitative estimate of drug-likeness (QED) is 0.768. The molecule has 3 N–H and O–H groups in total. The van der Waals surface area contributed by atoms with Crippen molar-refractivity contribution in [1.82, 2.24) is 15.1 Å². The van der Waals surface area contributed by atoms with Gasteiger partial charge in [-0.25, -0.2) is 0 Å². The van der Waals surface area contributed by atoms with Crippen LogP contribution >= 0.6 is 0 Å². The molecular weight excluding hydrogens is 204 g/mol. The number of nitrogens with zero attached hydrogens (tertiary/aromatic N) is 2. The fraction of sp³-hybridized carbons (Fsp3) is 0.636. The molecule has 1 aliphatic rings. The lowest BCUT2D eigenvalue weighted by molar-refractivity contribution is -0.129. The number of rotatable bonds is 4. The molecule has 1 aromatic rings. The molecule has 0 aromatic carbocycles. The minimum Gasteiger partial charge on any atom is -0.350 e. The van der Waals surface area contributed by atoms with Crippen LogP contribution in [-0.2, 0) is 11.3 Å². The first-order valence-corrected chi connectivity index (χ1v) is 5.67. The second-order valence-corrected chi connectivity index (χ2v) is 4.61. The molecule has 5 heteroatoms. The molecular formula is C11H18N4O. The molecule has 1 aromatic heterocycles. The molecule has 16 heavy (non-hydrogen) atoms. The van der Waals surface area contributed by atoms with Crippen LogP contribution in [0, 0.1) is 0 Å². The normalized spacial score (nSPS) is 19.9. The molecule has 1 atom stereocenters. The maximum Gasteiger partial charge on any atom is 0.240 e. The van der Waals surface area contributed by atoms with Crippen LogP contribution in [0.1, 0.15) is 26.2 Å². The number of carbonyl (C=O) groups excluding carboxylic acids is 1. The lowest BCUT2D eigenvalue weighted by Crippen LogP contribution is -2.60. The summed E-state index contributed by atoms with van der Waals surface area (Å²) in [4.78, 5) is 11.8. The summed E-state index contributed by atoms with van der Waals surface area (Å²) in [6, 6.07) is 1.92. The van der Waals surface area contributed by atoms with Gasteiger partial charge in [0.1, 0.15) is 0 Å². The van der Waals surface area contributed by atoms with E-state index in [9.17, 15) is 4.79 Å². The first kappa shape index (κ1) is 11.1. The van der Waals surface area contributed by atoms with E-state index in [0.717, 1.165) is 19.3 Å². The molecule has 0 aliphatic heterocycles. The van der Waals surface area contributed by atoms with Gasteiger partial charge in [0.05, 0.1) is 12.1 Å². The Kier molecular flexibility index (Phi) is 2.96. The number of carbonyl (C=O) groups is 1. The smallest absolute Gasteiger partial charge is 0.240 e. The van der Waals surface area contributed by atoms with Crippen LogP contribution < -0.4 is 11.1 Å². The summed E-state index contributed by atoms with van der Waals surface area (Å²) < 4.78 is 1.80. The Bertz CT molecular complexity index is 356. The van der Waals surface area contributed by atoms with Gasteiger partial charge in [-0.15, -0.1) is 0 Å². The molecule has 0 radical (unpaired) electrons. The second-order valence-electron chi connectivity index (χ2n) is 4.61. The fourth-order valence-electron chi connectivity index (χ4n) is 1.89. The van der Waals surface area contributed by atoms with Crippen molar-refractivity contribution in [2.24, 2.45) is 5.73 Å². The maximum absolute atomic E-state index is 11.8. The van der Waals surface area contributed by atoms with Gasteiger partial charge in [-0.1, -0.05) is 0 Å². The van der Waals surface area contributed by atoms with Crippen molar-refractivity contribution in [3.63, 3.8) is 0 Å². The predicted octanol–water partition coefficient (Wildman–Crippen LogP) is 0.269. The van der Waals surface area contributed by atoms with Crippen LogP contribution in [0.15, 0.2) is 18.5 Å². The van der Waals surface area contributed by atoms with E-state index >= 15 is 0 Å². The average Bonchev–Trinajstić information content (AvgIpc) is 2.66. The lowest BCUT2D eigenvalue weighted by atomic mass is 9.77.